The minimum atomic E-state index is 0.135. The minimum absolute atomic E-state index is 0.135. The Hall–Kier alpha value is -1.03. The summed E-state index contributed by atoms with van der Waals surface area (Å²) in [6, 6.07) is 0. The molecule has 68 valence electrons. The molecule has 0 atom stereocenters. The second kappa shape index (κ2) is 4.11. The molecule has 0 fully saturated rings. The second-order valence-electron chi connectivity index (χ2n) is 2.99. The zero-order valence-electron chi connectivity index (χ0n) is 7.46. The van der Waals surface area contributed by atoms with E-state index in [0.717, 1.165) is 11.6 Å². The van der Waals surface area contributed by atoms with Gasteiger partial charge in [0, 0.05) is 12.5 Å². The highest BCUT2D eigenvalue weighted by Gasteiger charge is 2.02. The number of aromatic nitrogens is 2. The standard InChI is InChI=1S/C8H15N3O/c1-6(2)8-10-5-7(11-8)9-3-4-12/h5-6,9,12H,3-4H2,1-2H3,(H,10,11). The molecule has 0 saturated carbocycles. The van der Waals surface area contributed by atoms with Gasteiger partial charge in [-0.15, -0.1) is 0 Å². The van der Waals surface area contributed by atoms with Gasteiger partial charge in [0.1, 0.15) is 11.6 Å². The molecular formula is C8H15N3O. The number of aliphatic hydroxyl groups excluding tert-OH is 1. The average molecular weight is 169 g/mol. The summed E-state index contributed by atoms with van der Waals surface area (Å²) in [7, 11) is 0. The zero-order valence-corrected chi connectivity index (χ0v) is 7.46. The lowest BCUT2D eigenvalue weighted by Crippen LogP contribution is -2.05. The van der Waals surface area contributed by atoms with Crippen LogP contribution in [0.5, 0.6) is 0 Å². The molecule has 0 radical (unpaired) electrons. The van der Waals surface area contributed by atoms with E-state index in [1.165, 1.54) is 0 Å². The maximum absolute atomic E-state index is 8.55. The van der Waals surface area contributed by atoms with Gasteiger partial charge in [0.2, 0.25) is 0 Å². The molecule has 1 rings (SSSR count). The smallest absolute Gasteiger partial charge is 0.123 e. The normalized spacial score (nSPS) is 10.7. The van der Waals surface area contributed by atoms with Crippen LogP contribution < -0.4 is 5.32 Å². The SMILES string of the molecule is CC(C)c1ncc(NCCO)[nH]1. The molecule has 0 aliphatic heterocycles. The number of nitrogens with zero attached hydrogens (tertiary/aromatic N) is 1. The first-order chi connectivity index (χ1) is 5.74. The van der Waals surface area contributed by atoms with E-state index < -0.39 is 0 Å². The number of imidazole rings is 1. The largest absolute Gasteiger partial charge is 0.395 e. The Bertz CT molecular complexity index is 232. The number of hydrogen-bond acceptors (Lipinski definition) is 3. The van der Waals surface area contributed by atoms with Crippen LogP contribution in [0, 0.1) is 0 Å². The molecule has 0 bridgehead atoms. The van der Waals surface area contributed by atoms with Crippen LogP contribution in [-0.4, -0.2) is 28.2 Å². The topological polar surface area (TPSA) is 60.9 Å². The third kappa shape index (κ3) is 2.23. The van der Waals surface area contributed by atoms with Crippen LogP contribution in [0.15, 0.2) is 6.20 Å². The molecule has 12 heavy (non-hydrogen) atoms. The lowest BCUT2D eigenvalue weighted by Gasteiger charge is -2.00. The number of anilines is 1. The second-order valence-corrected chi connectivity index (χ2v) is 2.99. The molecule has 0 aliphatic rings. The molecule has 0 spiro atoms. The monoisotopic (exact) mass is 169 g/mol. The molecule has 4 nitrogen and oxygen atoms in total. The maximum Gasteiger partial charge on any atom is 0.123 e. The van der Waals surface area contributed by atoms with Crippen LogP contribution >= 0.6 is 0 Å². The predicted molar refractivity (Wildman–Crippen MR) is 48.3 cm³/mol. The summed E-state index contributed by atoms with van der Waals surface area (Å²) >= 11 is 0. The zero-order chi connectivity index (χ0) is 8.97. The first-order valence-electron chi connectivity index (χ1n) is 4.13. The van der Waals surface area contributed by atoms with E-state index in [1.54, 1.807) is 6.20 Å². The van der Waals surface area contributed by atoms with Gasteiger partial charge < -0.3 is 15.4 Å². The number of nitrogens with one attached hydrogen (secondary N) is 2. The van der Waals surface area contributed by atoms with Crippen LogP contribution in [0.4, 0.5) is 5.82 Å². The molecule has 1 aromatic heterocycles. The Labute approximate surface area is 72.0 Å². The Kier molecular flexibility index (Phi) is 3.10. The van der Waals surface area contributed by atoms with Crippen molar-refractivity contribution in [3.63, 3.8) is 0 Å². The van der Waals surface area contributed by atoms with Crippen molar-refractivity contribution in [2.45, 2.75) is 19.8 Å². The van der Waals surface area contributed by atoms with Crippen LogP contribution in [0.3, 0.4) is 0 Å². The summed E-state index contributed by atoms with van der Waals surface area (Å²) in [5.41, 5.74) is 0. The average Bonchev–Trinajstić information content (AvgIpc) is 2.48. The molecule has 0 amide bonds. The highest BCUT2D eigenvalue weighted by atomic mass is 16.3. The van der Waals surface area contributed by atoms with Crippen molar-refractivity contribution in [3.8, 4) is 0 Å². The molecule has 1 aromatic rings. The van der Waals surface area contributed by atoms with Crippen molar-refractivity contribution < 1.29 is 5.11 Å². The first-order valence-corrected chi connectivity index (χ1v) is 4.13. The molecule has 0 unspecified atom stereocenters. The van der Waals surface area contributed by atoms with Crippen LogP contribution in [0.2, 0.25) is 0 Å². The Morgan fingerprint density at radius 3 is 2.92 bits per heavy atom. The fraction of sp³-hybridized carbons (Fsp3) is 0.625. The predicted octanol–water partition coefficient (Wildman–Crippen LogP) is 0.937. The highest BCUT2D eigenvalue weighted by Crippen LogP contribution is 2.11. The van der Waals surface area contributed by atoms with E-state index >= 15 is 0 Å². The molecule has 4 heteroatoms. The van der Waals surface area contributed by atoms with Crippen molar-refractivity contribution in [1.29, 1.82) is 0 Å². The van der Waals surface area contributed by atoms with Crippen LogP contribution in [0.1, 0.15) is 25.6 Å². The van der Waals surface area contributed by atoms with Crippen LogP contribution in [-0.2, 0) is 0 Å². The lowest BCUT2D eigenvalue weighted by atomic mass is 10.2. The van der Waals surface area contributed by atoms with Crippen molar-refractivity contribution >= 4 is 5.82 Å². The number of aliphatic hydroxyl groups is 1. The van der Waals surface area contributed by atoms with Gasteiger partial charge in [0.15, 0.2) is 0 Å². The Balaban J connectivity index is 2.52. The van der Waals surface area contributed by atoms with E-state index in [-0.39, 0.29) is 6.61 Å². The molecular weight excluding hydrogens is 154 g/mol. The number of aromatic amines is 1. The molecule has 3 N–H and O–H groups in total. The summed E-state index contributed by atoms with van der Waals surface area (Å²) in [5.74, 6) is 2.25. The van der Waals surface area contributed by atoms with Gasteiger partial charge in [0.05, 0.1) is 12.8 Å². The summed E-state index contributed by atoms with van der Waals surface area (Å²) in [4.78, 5) is 7.28. The summed E-state index contributed by atoms with van der Waals surface area (Å²) < 4.78 is 0. The lowest BCUT2D eigenvalue weighted by molar-refractivity contribution is 0.311. The molecule has 0 saturated heterocycles. The van der Waals surface area contributed by atoms with Gasteiger partial charge in [-0.2, -0.15) is 0 Å². The summed E-state index contributed by atoms with van der Waals surface area (Å²) in [6.45, 7) is 4.85. The van der Waals surface area contributed by atoms with Crippen molar-refractivity contribution in [1.82, 2.24) is 9.97 Å². The van der Waals surface area contributed by atoms with Gasteiger partial charge in [-0.25, -0.2) is 4.98 Å². The highest BCUT2D eigenvalue weighted by molar-refractivity contribution is 5.32. The Morgan fingerprint density at radius 2 is 2.42 bits per heavy atom. The van der Waals surface area contributed by atoms with E-state index in [4.69, 9.17) is 5.11 Å². The maximum atomic E-state index is 8.55. The van der Waals surface area contributed by atoms with Gasteiger partial charge in [-0.05, 0) is 0 Å². The quantitative estimate of drug-likeness (QED) is 0.628. The van der Waals surface area contributed by atoms with Gasteiger partial charge >= 0.3 is 0 Å². The molecule has 1 heterocycles. The van der Waals surface area contributed by atoms with Crippen LogP contribution in [0.25, 0.3) is 0 Å². The summed E-state index contributed by atoms with van der Waals surface area (Å²) in [5, 5.41) is 11.5. The van der Waals surface area contributed by atoms with Crippen molar-refractivity contribution in [2.75, 3.05) is 18.5 Å². The minimum Gasteiger partial charge on any atom is -0.395 e. The summed E-state index contributed by atoms with van der Waals surface area (Å²) in [6.07, 6.45) is 1.74. The Morgan fingerprint density at radius 1 is 1.67 bits per heavy atom. The number of rotatable bonds is 4. The third-order valence-corrected chi connectivity index (χ3v) is 1.57. The fourth-order valence-electron chi connectivity index (χ4n) is 0.910. The van der Waals surface area contributed by atoms with E-state index in [9.17, 15) is 0 Å². The van der Waals surface area contributed by atoms with Gasteiger partial charge in [0.25, 0.3) is 0 Å². The molecule has 0 aromatic carbocycles. The van der Waals surface area contributed by atoms with Gasteiger partial charge in [-0.3, -0.25) is 0 Å². The number of hydrogen-bond donors (Lipinski definition) is 3. The molecule has 0 aliphatic carbocycles. The van der Waals surface area contributed by atoms with Crippen molar-refractivity contribution in [2.24, 2.45) is 0 Å². The van der Waals surface area contributed by atoms with E-state index in [2.05, 4.69) is 29.1 Å². The van der Waals surface area contributed by atoms with Crippen molar-refractivity contribution in [3.05, 3.63) is 12.0 Å². The fourth-order valence-corrected chi connectivity index (χ4v) is 0.910. The van der Waals surface area contributed by atoms with E-state index in [0.29, 0.717) is 12.5 Å². The first kappa shape index (κ1) is 9.06. The van der Waals surface area contributed by atoms with E-state index in [1.807, 2.05) is 0 Å². The van der Waals surface area contributed by atoms with Gasteiger partial charge in [-0.1, -0.05) is 13.8 Å². The third-order valence-electron chi connectivity index (χ3n) is 1.57. The number of H-pyrrole nitrogens is 1.